The molecule has 2 N–H and O–H groups in total. The zero-order chi connectivity index (χ0) is 16.9. The SMILES string of the molecule is CCC1(CO)CCN(C(=O)NCCc2c(F)cccc2F)CC1. The Kier molecular flexibility index (Phi) is 5.93. The van der Waals surface area contributed by atoms with Crippen molar-refractivity contribution >= 4 is 6.03 Å². The van der Waals surface area contributed by atoms with Crippen molar-refractivity contribution in [3.05, 3.63) is 35.4 Å². The van der Waals surface area contributed by atoms with E-state index < -0.39 is 11.6 Å². The van der Waals surface area contributed by atoms with Gasteiger partial charge in [0, 0.05) is 31.8 Å². The monoisotopic (exact) mass is 326 g/mol. The summed E-state index contributed by atoms with van der Waals surface area (Å²) < 4.78 is 27.0. The summed E-state index contributed by atoms with van der Waals surface area (Å²) in [6.07, 6.45) is 2.56. The van der Waals surface area contributed by atoms with Gasteiger partial charge in [-0.15, -0.1) is 0 Å². The van der Waals surface area contributed by atoms with Gasteiger partial charge in [-0.2, -0.15) is 0 Å². The second-order valence-corrected chi connectivity index (χ2v) is 6.18. The highest BCUT2D eigenvalue weighted by atomic mass is 19.1. The third-order valence-corrected chi connectivity index (χ3v) is 4.91. The van der Waals surface area contributed by atoms with E-state index in [9.17, 15) is 18.7 Å². The molecule has 0 spiro atoms. The molecule has 4 nitrogen and oxygen atoms in total. The Morgan fingerprint density at radius 2 is 1.91 bits per heavy atom. The first-order chi connectivity index (χ1) is 11.0. The molecule has 1 aromatic rings. The second kappa shape index (κ2) is 7.73. The normalized spacial score (nSPS) is 17.1. The average Bonchev–Trinajstić information content (AvgIpc) is 2.57. The van der Waals surface area contributed by atoms with Crippen LogP contribution in [0.4, 0.5) is 13.6 Å². The van der Waals surface area contributed by atoms with Gasteiger partial charge in [0.2, 0.25) is 0 Å². The number of likely N-dealkylation sites (tertiary alicyclic amines) is 1. The Balaban J connectivity index is 1.80. The van der Waals surface area contributed by atoms with Crippen molar-refractivity contribution in [2.45, 2.75) is 32.6 Å². The van der Waals surface area contributed by atoms with E-state index in [2.05, 4.69) is 12.2 Å². The maximum absolute atomic E-state index is 13.5. The minimum absolute atomic E-state index is 0.00303. The summed E-state index contributed by atoms with van der Waals surface area (Å²) in [5.41, 5.74) is -0.0793. The molecule has 23 heavy (non-hydrogen) atoms. The first-order valence-electron chi connectivity index (χ1n) is 8.08. The molecule has 2 rings (SSSR count). The van der Waals surface area contributed by atoms with Crippen LogP contribution in [0.5, 0.6) is 0 Å². The molecule has 1 heterocycles. The van der Waals surface area contributed by atoms with Crippen LogP contribution in [0.1, 0.15) is 31.7 Å². The Morgan fingerprint density at radius 3 is 2.43 bits per heavy atom. The molecular weight excluding hydrogens is 302 g/mol. The molecule has 0 aliphatic carbocycles. The fraction of sp³-hybridized carbons (Fsp3) is 0.588. The van der Waals surface area contributed by atoms with Crippen molar-refractivity contribution in [2.75, 3.05) is 26.2 Å². The molecule has 0 atom stereocenters. The highest BCUT2D eigenvalue weighted by molar-refractivity contribution is 5.74. The minimum Gasteiger partial charge on any atom is -0.396 e. The number of piperidine rings is 1. The van der Waals surface area contributed by atoms with Crippen LogP contribution < -0.4 is 5.32 Å². The molecule has 1 aliphatic heterocycles. The zero-order valence-electron chi connectivity index (χ0n) is 13.4. The lowest BCUT2D eigenvalue weighted by Gasteiger charge is -2.40. The van der Waals surface area contributed by atoms with E-state index in [1.54, 1.807) is 4.90 Å². The lowest BCUT2D eigenvalue weighted by atomic mass is 9.77. The van der Waals surface area contributed by atoms with Gasteiger partial charge in [0.15, 0.2) is 0 Å². The van der Waals surface area contributed by atoms with Gasteiger partial charge in [-0.3, -0.25) is 0 Å². The molecular formula is C17H24F2N2O2. The summed E-state index contributed by atoms with van der Waals surface area (Å²) in [6, 6.07) is 3.53. The number of nitrogens with zero attached hydrogens (tertiary/aromatic N) is 1. The van der Waals surface area contributed by atoms with Gasteiger partial charge in [-0.05, 0) is 43.2 Å². The number of aliphatic hydroxyl groups excluding tert-OH is 1. The molecule has 2 amide bonds. The molecule has 1 aliphatic rings. The molecule has 0 unspecified atom stereocenters. The number of carbonyl (C=O) groups excluding carboxylic acids is 1. The summed E-state index contributed by atoms with van der Waals surface area (Å²) >= 11 is 0. The van der Waals surface area contributed by atoms with E-state index in [0.29, 0.717) is 13.1 Å². The summed E-state index contributed by atoms with van der Waals surface area (Å²) in [5.74, 6) is -1.18. The first kappa shape index (κ1) is 17.7. The van der Waals surface area contributed by atoms with E-state index >= 15 is 0 Å². The second-order valence-electron chi connectivity index (χ2n) is 6.18. The number of rotatable bonds is 5. The number of benzene rings is 1. The highest BCUT2D eigenvalue weighted by Crippen LogP contribution is 2.34. The third kappa shape index (κ3) is 4.19. The van der Waals surface area contributed by atoms with Gasteiger partial charge in [-0.1, -0.05) is 13.0 Å². The van der Waals surface area contributed by atoms with Crippen molar-refractivity contribution in [1.82, 2.24) is 10.2 Å². The van der Waals surface area contributed by atoms with Crippen LogP contribution in [0.3, 0.4) is 0 Å². The van der Waals surface area contributed by atoms with Gasteiger partial charge in [0.1, 0.15) is 11.6 Å². The zero-order valence-corrected chi connectivity index (χ0v) is 13.4. The predicted molar refractivity (Wildman–Crippen MR) is 84.1 cm³/mol. The number of amides is 2. The smallest absolute Gasteiger partial charge is 0.317 e. The fourth-order valence-electron chi connectivity index (χ4n) is 2.99. The Hall–Kier alpha value is -1.69. The quantitative estimate of drug-likeness (QED) is 0.874. The summed E-state index contributed by atoms with van der Waals surface area (Å²) in [5, 5.41) is 12.2. The molecule has 1 fully saturated rings. The molecule has 0 saturated carbocycles. The van der Waals surface area contributed by atoms with E-state index in [0.717, 1.165) is 19.3 Å². The van der Waals surface area contributed by atoms with Gasteiger partial charge < -0.3 is 15.3 Å². The number of urea groups is 1. The summed E-state index contributed by atoms with van der Waals surface area (Å²) in [7, 11) is 0. The lowest BCUT2D eigenvalue weighted by Crippen LogP contribution is -2.48. The molecule has 1 saturated heterocycles. The van der Waals surface area contributed by atoms with E-state index in [4.69, 9.17) is 0 Å². The molecule has 1 aromatic carbocycles. The number of aliphatic hydroxyl groups is 1. The molecule has 6 heteroatoms. The van der Waals surface area contributed by atoms with Crippen molar-refractivity contribution in [2.24, 2.45) is 5.41 Å². The summed E-state index contributed by atoms with van der Waals surface area (Å²) in [6.45, 7) is 3.56. The van der Waals surface area contributed by atoms with Gasteiger partial charge >= 0.3 is 6.03 Å². The Morgan fingerprint density at radius 1 is 1.30 bits per heavy atom. The average molecular weight is 326 g/mol. The number of nitrogens with one attached hydrogen (secondary N) is 1. The lowest BCUT2D eigenvalue weighted by molar-refractivity contribution is 0.0520. The topological polar surface area (TPSA) is 52.6 Å². The van der Waals surface area contributed by atoms with Gasteiger partial charge in [0.25, 0.3) is 0 Å². The number of hydrogen-bond acceptors (Lipinski definition) is 2. The van der Waals surface area contributed by atoms with Crippen LogP contribution in [-0.4, -0.2) is 42.3 Å². The van der Waals surface area contributed by atoms with E-state index in [1.807, 2.05) is 0 Å². The van der Waals surface area contributed by atoms with Gasteiger partial charge in [-0.25, -0.2) is 13.6 Å². The van der Waals surface area contributed by atoms with Crippen LogP contribution in [-0.2, 0) is 6.42 Å². The predicted octanol–water partition coefficient (Wildman–Crippen LogP) is 2.70. The number of halogens is 2. The third-order valence-electron chi connectivity index (χ3n) is 4.91. The van der Waals surface area contributed by atoms with Crippen molar-refractivity contribution in [3.8, 4) is 0 Å². The molecule has 0 bridgehead atoms. The van der Waals surface area contributed by atoms with Crippen molar-refractivity contribution < 1.29 is 18.7 Å². The van der Waals surface area contributed by atoms with Crippen LogP contribution in [0.25, 0.3) is 0 Å². The number of carbonyl (C=O) groups is 1. The maximum atomic E-state index is 13.5. The molecule has 128 valence electrons. The van der Waals surface area contributed by atoms with Gasteiger partial charge in [0.05, 0.1) is 0 Å². The van der Waals surface area contributed by atoms with Crippen LogP contribution >= 0.6 is 0 Å². The van der Waals surface area contributed by atoms with Crippen molar-refractivity contribution in [3.63, 3.8) is 0 Å². The highest BCUT2D eigenvalue weighted by Gasteiger charge is 2.33. The van der Waals surface area contributed by atoms with Crippen LogP contribution in [0.15, 0.2) is 18.2 Å². The Labute approximate surface area is 135 Å². The Bertz CT molecular complexity index is 517. The van der Waals surface area contributed by atoms with E-state index in [-0.39, 0.29) is 36.6 Å². The number of hydrogen-bond donors (Lipinski definition) is 2. The van der Waals surface area contributed by atoms with E-state index in [1.165, 1.54) is 18.2 Å². The molecule has 0 aromatic heterocycles. The first-order valence-corrected chi connectivity index (χ1v) is 8.08. The minimum atomic E-state index is -0.590. The van der Waals surface area contributed by atoms with Crippen LogP contribution in [0.2, 0.25) is 0 Å². The largest absolute Gasteiger partial charge is 0.396 e. The summed E-state index contributed by atoms with van der Waals surface area (Å²) in [4.78, 5) is 13.8. The molecule has 0 radical (unpaired) electrons. The maximum Gasteiger partial charge on any atom is 0.317 e. The van der Waals surface area contributed by atoms with Crippen LogP contribution in [0, 0.1) is 17.0 Å². The standard InChI is InChI=1S/C17H24F2N2O2/c1-2-17(12-22)7-10-21(11-8-17)16(23)20-9-6-13-14(18)4-3-5-15(13)19/h3-5,22H,2,6-12H2,1H3,(H,20,23). The van der Waals surface area contributed by atoms with Crippen molar-refractivity contribution in [1.29, 1.82) is 0 Å². The fourth-order valence-corrected chi connectivity index (χ4v) is 2.99.